The van der Waals surface area contributed by atoms with Crippen molar-refractivity contribution >= 4 is 33.3 Å². The summed E-state index contributed by atoms with van der Waals surface area (Å²) in [5, 5.41) is -0.149. The Bertz CT molecular complexity index is 868. The third-order valence-electron chi connectivity index (χ3n) is 5.20. The summed E-state index contributed by atoms with van der Waals surface area (Å²) in [4.78, 5) is 26.5. The Morgan fingerprint density at radius 3 is 2.59 bits per heavy atom. The minimum absolute atomic E-state index is 0.130. The Kier molecular flexibility index (Phi) is 5.47. The van der Waals surface area contributed by atoms with Gasteiger partial charge in [-0.25, -0.2) is 12.8 Å². The van der Waals surface area contributed by atoms with Crippen LogP contribution in [0.3, 0.4) is 0 Å². The van der Waals surface area contributed by atoms with Gasteiger partial charge in [0.25, 0.3) is 5.91 Å². The molecule has 2 aliphatic rings. The van der Waals surface area contributed by atoms with Crippen molar-refractivity contribution in [3.8, 4) is 0 Å². The topological polar surface area (TPSA) is 84.0 Å². The number of halogens is 2. The molecule has 3 rings (SSSR count). The lowest BCUT2D eigenvalue weighted by molar-refractivity contribution is -0.131. The van der Waals surface area contributed by atoms with Crippen LogP contribution < -0.4 is 0 Å². The molecule has 1 aromatic carbocycles. The van der Waals surface area contributed by atoms with E-state index in [9.17, 15) is 22.4 Å². The van der Waals surface area contributed by atoms with Gasteiger partial charge in [0.1, 0.15) is 16.4 Å². The normalized spacial score (nSPS) is 21.1. The summed E-state index contributed by atoms with van der Waals surface area (Å²) in [5.74, 6) is -1.91. The minimum atomic E-state index is -3.65. The molecule has 0 aliphatic carbocycles. The zero-order valence-electron chi connectivity index (χ0n) is 14.8. The maximum atomic E-state index is 13.3. The van der Waals surface area contributed by atoms with Crippen LogP contribution in [0.4, 0.5) is 4.39 Å². The molecule has 1 spiro atoms. The van der Waals surface area contributed by atoms with E-state index >= 15 is 0 Å². The number of sulfone groups is 1. The molecule has 0 N–H and O–H groups in total. The number of nitrogens with zero attached hydrogens (tertiary/aromatic N) is 2. The van der Waals surface area contributed by atoms with Gasteiger partial charge in [-0.2, -0.15) is 0 Å². The molecule has 0 aromatic heterocycles. The average molecular weight is 419 g/mol. The number of ether oxygens (including phenoxy) is 1. The third-order valence-corrected chi connectivity index (χ3v) is 7.91. The molecule has 10 heteroatoms. The summed E-state index contributed by atoms with van der Waals surface area (Å²) in [5.41, 5.74) is 0.235. The number of piperidine rings is 1. The number of carbonyl (C=O) groups is 2. The van der Waals surface area contributed by atoms with Crippen molar-refractivity contribution in [1.29, 1.82) is 0 Å². The molecular formula is C17H20ClFN2O5S. The van der Waals surface area contributed by atoms with Gasteiger partial charge in [-0.1, -0.05) is 11.6 Å². The molecule has 2 fully saturated rings. The first kappa shape index (κ1) is 20.0. The molecule has 7 nitrogen and oxygen atoms in total. The van der Waals surface area contributed by atoms with Gasteiger partial charge in [0, 0.05) is 45.1 Å². The predicted molar refractivity (Wildman–Crippen MR) is 96.7 cm³/mol. The lowest BCUT2D eigenvalue weighted by Gasteiger charge is -2.43. The Morgan fingerprint density at radius 2 is 2.00 bits per heavy atom. The molecule has 2 amide bonds. The summed E-state index contributed by atoms with van der Waals surface area (Å²) in [7, 11) is -2.17. The van der Waals surface area contributed by atoms with Crippen LogP contribution in [0, 0.1) is 5.82 Å². The second kappa shape index (κ2) is 7.37. The van der Waals surface area contributed by atoms with Gasteiger partial charge in [-0.05, 0) is 18.2 Å². The molecule has 27 heavy (non-hydrogen) atoms. The van der Waals surface area contributed by atoms with E-state index in [0.717, 1.165) is 6.07 Å². The van der Waals surface area contributed by atoms with Crippen molar-refractivity contribution in [3.63, 3.8) is 0 Å². The van der Waals surface area contributed by atoms with Crippen LogP contribution in [0.1, 0.15) is 23.2 Å². The van der Waals surface area contributed by atoms with E-state index in [0.29, 0.717) is 0 Å². The molecule has 148 valence electrons. The van der Waals surface area contributed by atoms with Crippen LogP contribution in [-0.2, 0) is 19.4 Å². The van der Waals surface area contributed by atoms with Gasteiger partial charge >= 0.3 is 0 Å². The average Bonchev–Trinajstić information content (AvgIpc) is 2.81. The lowest BCUT2D eigenvalue weighted by atomic mass is 10.0. The molecule has 0 bridgehead atoms. The predicted octanol–water partition coefficient (Wildman–Crippen LogP) is 1.31. The maximum absolute atomic E-state index is 13.3. The number of carbonyl (C=O) groups excluding carboxylic acids is 2. The molecule has 0 radical (unpaired) electrons. The van der Waals surface area contributed by atoms with E-state index in [1.54, 1.807) is 0 Å². The fraction of sp³-hybridized carbons (Fsp3) is 0.529. The van der Waals surface area contributed by atoms with Crippen molar-refractivity contribution < 1.29 is 27.1 Å². The van der Waals surface area contributed by atoms with Gasteiger partial charge in [-0.15, -0.1) is 0 Å². The Morgan fingerprint density at radius 1 is 1.33 bits per heavy atom. The van der Waals surface area contributed by atoms with E-state index < -0.39 is 32.2 Å². The standard InChI is InChI=1S/C17H20ClFN2O5S/c1-26-9-8-21-15(22)11-27(24,25)17(21)4-6-20(7-5-17)16(23)12-2-3-14(19)13(18)10-12/h2-3,10H,4-9,11H2,1H3. The van der Waals surface area contributed by atoms with E-state index in [1.807, 2.05) is 0 Å². The number of likely N-dealkylation sites (tertiary alicyclic amines) is 1. The van der Waals surface area contributed by atoms with Crippen LogP contribution in [0.5, 0.6) is 0 Å². The fourth-order valence-corrected chi connectivity index (χ4v) is 6.00. The van der Waals surface area contributed by atoms with E-state index in [2.05, 4.69) is 0 Å². The molecule has 2 saturated heterocycles. The highest BCUT2D eigenvalue weighted by Crippen LogP contribution is 2.40. The first-order valence-corrected chi connectivity index (χ1v) is 10.5. The maximum Gasteiger partial charge on any atom is 0.253 e. The summed E-state index contributed by atoms with van der Waals surface area (Å²) >= 11 is 5.74. The zero-order valence-corrected chi connectivity index (χ0v) is 16.4. The fourth-order valence-electron chi connectivity index (χ4n) is 3.73. The molecular weight excluding hydrogens is 399 g/mol. The first-order chi connectivity index (χ1) is 12.7. The third kappa shape index (κ3) is 3.43. The molecule has 1 aromatic rings. The van der Waals surface area contributed by atoms with E-state index in [4.69, 9.17) is 16.3 Å². The largest absolute Gasteiger partial charge is 0.383 e. The molecule has 2 heterocycles. The zero-order chi connectivity index (χ0) is 19.8. The van der Waals surface area contributed by atoms with Gasteiger partial charge in [0.15, 0.2) is 9.84 Å². The van der Waals surface area contributed by atoms with E-state index in [-0.39, 0.29) is 55.6 Å². The number of rotatable bonds is 4. The van der Waals surface area contributed by atoms with E-state index in [1.165, 1.54) is 29.0 Å². The number of hydrogen-bond donors (Lipinski definition) is 0. The molecule has 0 unspecified atom stereocenters. The first-order valence-electron chi connectivity index (χ1n) is 8.48. The van der Waals surface area contributed by atoms with Gasteiger partial charge in [0.05, 0.1) is 11.6 Å². The van der Waals surface area contributed by atoms with Crippen molar-refractivity contribution in [2.75, 3.05) is 39.1 Å². The minimum Gasteiger partial charge on any atom is -0.383 e. The van der Waals surface area contributed by atoms with Crippen LogP contribution >= 0.6 is 11.6 Å². The second-order valence-corrected chi connectivity index (χ2v) is 9.35. The van der Waals surface area contributed by atoms with Gasteiger partial charge in [0.2, 0.25) is 5.91 Å². The highest BCUT2D eigenvalue weighted by molar-refractivity contribution is 7.93. The van der Waals surface area contributed by atoms with Crippen molar-refractivity contribution in [1.82, 2.24) is 9.80 Å². The summed E-state index contributed by atoms with van der Waals surface area (Å²) < 4.78 is 43.7. The van der Waals surface area contributed by atoms with Crippen LogP contribution in [0.25, 0.3) is 0 Å². The molecule has 0 saturated carbocycles. The summed E-state index contributed by atoms with van der Waals surface area (Å²) in [6, 6.07) is 3.71. The lowest BCUT2D eigenvalue weighted by Crippen LogP contribution is -2.57. The number of hydrogen-bond acceptors (Lipinski definition) is 5. The quantitative estimate of drug-likeness (QED) is 0.736. The molecule has 2 aliphatic heterocycles. The Hall–Kier alpha value is -1.71. The monoisotopic (exact) mass is 418 g/mol. The van der Waals surface area contributed by atoms with Crippen molar-refractivity contribution in [3.05, 3.63) is 34.6 Å². The summed E-state index contributed by atoms with van der Waals surface area (Å²) in [6.07, 6.45) is 0.261. The number of methoxy groups -OCH3 is 1. The Balaban J connectivity index is 1.79. The van der Waals surface area contributed by atoms with Crippen LogP contribution in [0.2, 0.25) is 5.02 Å². The second-order valence-electron chi connectivity index (χ2n) is 6.66. The number of benzene rings is 1. The van der Waals surface area contributed by atoms with Crippen LogP contribution in [0.15, 0.2) is 18.2 Å². The highest BCUT2D eigenvalue weighted by Gasteiger charge is 2.58. The highest BCUT2D eigenvalue weighted by atomic mass is 35.5. The van der Waals surface area contributed by atoms with Crippen LogP contribution in [-0.4, -0.2) is 74.0 Å². The number of amides is 2. The van der Waals surface area contributed by atoms with Crippen molar-refractivity contribution in [2.45, 2.75) is 17.7 Å². The Labute approximate surface area is 161 Å². The SMILES string of the molecule is COCCN1C(=O)CS(=O)(=O)C12CCN(C(=O)c1ccc(F)c(Cl)c1)CC2. The van der Waals surface area contributed by atoms with Crippen molar-refractivity contribution in [2.24, 2.45) is 0 Å². The van der Waals surface area contributed by atoms with Gasteiger partial charge in [-0.3, -0.25) is 9.59 Å². The smallest absolute Gasteiger partial charge is 0.253 e. The molecule has 0 atom stereocenters. The summed E-state index contributed by atoms with van der Waals surface area (Å²) in [6.45, 7) is 0.767. The van der Waals surface area contributed by atoms with Gasteiger partial charge < -0.3 is 14.5 Å².